The molecule has 22 heteroatoms. The fraction of sp³-hybridized carbons (Fsp3) is 0.625. The van der Waals surface area contributed by atoms with Crippen molar-refractivity contribution in [2.24, 2.45) is 5.73 Å². The summed E-state index contributed by atoms with van der Waals surface area (Å²) in [6.07, 6.45) is 6.38. The Bertz CT molecular complexity index is 2490. The molecule has 1 aromatic carbocycles. The smallest absolute Gasteiger partial charge is 0.410 e. The Morgan fingerprint density at radius 3 is 1.68 bits per heavy atom. The number of piperidine rings is 4. The topological polar surface area (TPSA) is 291 Å². The molecule has 5 unspecified atom stereocenters. The first kappa shape index (κ1) is 62.2. The van der Waals surface area contributed by atoms with Gasteiger partial charge in [0.05, 0.1) is 11.0 Å². The molecule has 22 nitrogen and oxygen atoms in total. The van der Waals surface area contributed by atoms with E-state index in [2.05, 4.69) is 20.6 Å². The van der Waals surface area contributed by atoms with Crippen molar-refractivity contribution in [3.8, 4) is 0 Å². The number of non-ortho nitro benzene ring substituents is 1. The minimum Gasteiger partial charge on any atom is -0.477 e. The number of nitrogens with one attached hydrogen (secondary N) is 2. The third-order valence-corrected chi connectivity index (χ3v) is 13.3. The van der Waals surface area contributed by atoms with Crippen molar-refractivity contribution in [2.75, 3.05) is 71.2 Å². The van der Waals surface area contributed by atoms with Gasteiger partial charge in [0.2, 0.25) is 5.91 Å². The maximum absolute atomic E-state index is 12.2. The Morgan fingerprint density at radius 1 is 0.679 bits per heavy atom. The maximum Gasteiger partial charge on any atom is 0.410 e. The number of piperazine rings is 1. The van der Waals surface area contributed by atoms with Crippen molar-refractivity contribution in [1.82, 2.24) is 40.2 Å². The van der Waals surface area contributed by atoms with Crippen LogP contribution < -0.4 is 22.1 Å². The van der Waals surface area contributed by atoms with E-state index < -0.39 is 22.8 Å². The van der Waals surface area contributed by atoms with Crippen LogP contribution in [0.2, 0.25) is 0 Å². The van der Waals surface area contributed by atoms with Crippen molar-refractivity contribution in [3.63, 3.8) is 0 Å². The van der Waals surface area contributed by atoms with Gasteiger partial charge in [0, 0.05) is 113 Å². The molecule has 5 fully saturated rings. The number of nitrogen functional groups attached to an aromatic ring is 1. The number of ether oxygens (including phenoxy) is 3. The van der Waals surface area contributed by atoms with Gasteiger partial charge in [-0.15, -0.1) is 0 Å². The third kappa shape index (κ3) is 20.3. The lowest BCUT2D eigenvalue weighted by atomic mass is 9.94. The van der Waals surface area contributed by atoms with Crippen molar-refractivity contribution in [2.45, 2.75) is 160 Å². The number of rotatable bonds is 6. The molecule has 2 aromatic heterocycles. The molecule has 430 valence electrons. The molecule has 5 atom stereocenters. The zero-order chi connectivity index (χ0) is 57.4. The molecule has 0 bridgehead atoms. The average Bonchev–Trinajstić information content (AvgIpc) is 3.39. The second kappa shape index (κ2) is 28.3. The molecule has 3 aromatic rings. The van der Waals surface area contributed by atoms with E-state index in [4.69, 9.17) is 30.8 Å². The van der Waals surface area contributed by atoms with Gasteiger partial charge in [-0.3, -0.25) is 14.9 Å². The van der Waals surface area contributed by atoms with Crippen LogP contribution in [0, 0.1) is 10.1 Å². The maximum atomic E-state index is 12.2. The first-order valence-corrected chi connectivity index (χ1v) is 27.3. The molecule has 4 amide bonds. The Balaban J connectivity index is 0.000000193. The van der Waals surface area contributed by atoms with E-state index in [0.29, 0.717) is 44.2 Å². The van der Waals surface area contributed by atoms with Gasteiger partial charge >= 0.3 is 24.2 Å². The number of likely N-dealkylation sites (tertiary alicyclic amines) is 4. The zero-order valence-corrected chi connectivity index (χ0v) is 47.2. The van der Waals surface area contributed by atoms with Gasteiger partial charge < -0.3 is 61.0 Å². The Labute approximate surface area is 459 Å². The van der Waals surface area contributed by atoms with Gasteiger partial charge in [-0.05, 0) is 144 Å². The summed E-state index contributed by atoms with van der Waals surface area (Å²) in [7, 11) is 0. The first-order valence-electron chi connectivity index (χ1n) is 27.3. The predicted octanol–water partition coefficient (Wildman–Crippen LogP) is 7.84. The van der Waals surface area contributed by atoms with Crippen LogP contribution in [0.5, 0.6) is 0 Å². The summed E-state index contributed by atoms with van der Waals surface area (Å²) in [6.45, 7) is 23.9. The van der Waals surface area contributed by atoms with E-state index in [1.807, 2.05) is 91.5 Å². The standard InChI is InChI=1S/C16H22N2O4.C15H27N3O3.C15H23N3O2.C10H13N3O2/c1-16(2,3)22-15(21)18-9-5-6-11(10-18)12-7-4-8-13(17-12)14(19)20;1-15(2,3)21-14(20)17-8-4-6-11(10-17)18-9-5-7-12(16)13(18)19;1-15(2,3)20-14(19)18-9-5-6-11(10-18)12-7-4-8-13(16)17-12;14-13(15)9-3-1-2-8(6-9)10-7-11-4-5-12-10/h4,7-8,11H,5-6,9-10H2,1-3H3,(H,19,20);11-12H,4-10,16H2,1-3H3;4,7-8,11H,5-6,9-10H2,1-3H3,(H2,16,17);1-3,6,10-12H,4-5,7H2. The van der Waals surface area contributed by atoms with Crippen molar-refractivity contribution in [1.29, 1.82) is 0 Å². The van der Waals surface area contributed by atoms with Crippen LogP contribution in [0.15, 0.2) is 60.7 Å². The number of nitrogens with two attached hydrogens (primary N) is 2. The number of nitro benzene ring substituents is 1. The number of aromatic nitrogens is 2. The summed E-state index contributed by atoms with van der Waals surface area (Å²) in [4.78, 5) is 85.5. The summed E-state index contributed by atoms with van der Waals surface area (Å²) in [5.74, 6) is -0.212. The number of anilines is 1. The minimum atomic E-state index is -1.04. The fourth-order valence-electron chi connectivity index (χ4n) is 9.65. The van der Waals surface area contributed by atoms with Gasteiger partial charge in [-0.2, -0.15) is 0 Å². The molecule has 5 aliphatic heterocycles. The number of carboxylic acid groups (broad SMARTS) is 1. The normalized spacial score (nSPS) is 21.9. The molecular formula is C56H85N11O11. The largest absolute Gasteiger partial charge is 0.477 e. The lowest BCUT2D eigenvalue weighted by Crippen LogP contribution is -2.57. The SMILES string of the molecule is CC(C)(C)OC(=O)N1CCCC(N2CCCC(N)C2=O)C1.CC(C)(C)OC(=O)N1CCCC(c2cccc(C(=O)O)n2)C1.CC(C)(C)OC(=O)N1CCCC(c2cccc(N)n2)C1.O=[N+]([O-])c1cccc(C2CNCCN2)c1. The van der Waals surface area contributed by atoms with Crippen LogP contribution in [-0.4, -0.2) is 164 Å². The van der Waals surface area contributed by atoms with Gasteiger partial charge in [0.25, 0.3) is 5.69 Å². The van der Waals surface area contributed by atoms with Crippen LogP contribution in [0.25, 0.3) is 0 Å². The Morgan fingerprint density at radius 2 is 1.18 bits per heavy atom. The number of carbonyl (C=O) groups is 5. The molecule has 0 aliphatic carbocycles. The van der Waals surface area contributed by atoms with Crippen LogP contribution in [0.4, 0.5) is 25.9 Å². The van der Waals surface area contributed by atoms with Gasteiger partial charge in [-0.1, -0.05) is 24.3 Å². The Hall–Kier alpha value is -6.65. The number of carboxylic acids is 1. The number of pyridine rings is 2. The highest BCUT2D eigenvalue weighted by molar-refractivity contribution is 5.85. The number of carbonyl (C=O) groups excluding carboxylic acids is 4. The van der Waals surface area contributed by atoms with Crippen LogP contribution >= 0.6 is 0 Å². The number of nitro groups is 1. The number of hydrogen-bond acceptors (Lipinski definition) is 16. The first-order chi connectivity index (χ1) is 36.7. The highest BCUT2D eigenvalue weighted by Crippen LogP contribution is 2.29. The van der Waals surface area contributed by atoms with E-state index >= 15 is 0 Å². The average molecular weight is 1090 g/mol. The molecule has 7 N–H and O–H groups in total. The molecule has 8 rings (SSSR count). The minimum absolute atomic E-state index is 0.0253. The summed E-state index contributed by atoms with van der Waals surface area (Å²) in [5.41, 5.74) is 12.9. The third-order valence-electron chi connectivity index (χ3n) is 13.3. The lowest BCUT2D eigenvalue weighted by Gasteiger charge is -2.42. The fourth-order valence-corrected chi connectivity index (χ4v) is 9.65. The molecule has 5 saturated heterocycles. The summed E-state index contributed by atoms with van der Waals surface area (Å²) in [6, 6.07) is 17.3. The van der Waals surface area contributed by atoms with Crippen molar-refractivity contribution >= 4 is 41.7 Å². The molecule has 0 spiro atoms. The van der Waals surface area contributed by atoms with E-state index in [-0.39, 0.29) is 70.5 Å². The summed E-state index contributed by atoms with van der Waals surface area (Å²) in [5, 5.41) is 26.2. The monoisotopic (exact) mass is 1090 g/mol. The molecule has 0 saturated carbocycles. The second-order valence-corrected chi connectivity index (χ2v) is 23.3. The van der Waals surface area contributed by atoms with Crippen LogP contribution in [-0.2, 0) is 19.0 Å². The molecule has 7 heterocycles. The van der Waals surface area contributed by atoms with Crippen LogP contribution in [0.1, 0.15) is 159 Å². The predicted molar refractivity (Wildman–Crippen MR) is 296 cm³/mol. The summed E-state index contributed by atoms with van der Waals surface area (Å²) >= 11 is 0. The van der Waals surface area contributed by atoms with Gasteiger partial charge in [0.15, 0.2) is 0 Å². The number of hydrogen-bond donors (Lipinski definition) is 5. The molecule has 0 radical (unpaired) electrons. The summed E-state index contributed by atoms with van der Waals surface area (Å²) < 4.78 is 16.2. The van der Waals surface area contributed by atoms with Crippen LogP contribution in [0.3, 0.4) is 0 Å². The van der Waals surface area contributed by atoms with E-state index in [1.165, 1.54) is 12.1 Å². The van der Waals surface area contributed by atoms with Gasteiger partial charge in [0.1, 0.15) is 28.3 Å². The Kier molecular flexibility index (Phi) is 22.6. The van der Waals surface area contributed by atoms with Crippen molar-refractivity contribution < 1.29 is 48.2 Å². The van der Waals surface area contributed by atoms with E-state index in [9.17, 15) is 34.1 Å². The van der Waals surface area contributed by atoms with Crippen molar-refractivity contribution in [3.05, 3.63) is 93.4 Å². The molecular weight excluding hydrogens is 1000 g/mol. The number of aromatic carboxylic acids is 1. The van der Waals surface area contributed by atoms with E-state index in [0.717, 1.165) is 95.3 Å². The number of amides is 4. The molecule has 78 heavy (non-hydrogen) atoms. The second-order valence-electron chi connectivity index (χ2n) is 23.3. The molecule has 5 aliphatic rings. The zero-order valence-electron chi connectivity index (χ0n) is 47.2. The van der Waals surface area contributed by atoms with E-state index in [1.54, 1.807) is 39.0 Å². The number of nitrogens with zero attached hydrogens (tertiary/aromatic N) is 7. The number of benzene rings is 1. The van der Waals surface area contributed by atoms with Gasteiger partial charge in [-0.25, -0.2) is 29.1 Å². The highest BCUT2D eigenvalue weighted by Gasteiger charge is 2.36. The lowest BCUT2D eigenvalue weighted by molar-refractivity contribution is -0.384. The quantitative estimate of drug-likeness (QED) is 0.0892. The highest BCUT2D eigenvalue weighted by atomic mass is 16.6.